The zero-order chi connectivity index (χ0) is 16.8. The Labute approximate surface area is 141 Å². The van der Waals surface area contributed by atoms with Crippen LogP contribution in [0.3, 0.4) is 0 Å². The number of aryl methyl sites for hydroxylation is 2. The van der Waals surface area contributed by atoms with E-state index in [4.69, 9.17) is 0 Å². The second-order valence-electron chi connectivity index (χ2n) is 5.49. The van der Waals surface area contributed by atoms with E-state index in [0.717, 1.165) is 33.6 Å². The van der Waals surface area contributed by atoms with Gasteiger partial charge in [0.15, 0.2) is 5.13 Å². The number of fused-ring (bicyclic) bond motifs is 3. The molecule has 0 amide bonds. The third-order valence-corrected chi connectivity index (χ3v) is 4.91. The van der Waals surface area contributed by atoms with Gasteiger partial charge in [0, 0.05) is 12.6 Å². The highest BCUT2D eigenvalue weighted by molar-refractivity contribution is 7.22. The number of rotatable bonds is 3. The Morgan fingerprint density at radius 1 is 1.25 bits per heavy atom. The minimum atomic E-state index is -0.418. The van der Waals surface area contributed by atoms with Gasteiger partial charge in [0.05, 0.1) is 21.4 Å². The SMILES string of the molecule is CCn1c(C)nc2ccc3sc(Nc4cc(F)ccc4O)nc3c21. The maximum atomic E-state index is 13.4. The number of benzene rings is 2. The molecule has 0 aliphatic rings. The maximum Gasteiger partial charge on any atom is 0.188 e. The van der Waals surface area contributed by atoms with Gasteiger partial charge in [0.1, 0.15) is 22.9 Å². The highest BCUT2D eigenvalue weighted by atomic mass is 32.1. The van der Waals surface area contributed by atoms with Crippen LogP contribution in [0.5, 0.6) is 5.75 Å². The van der Waals surface area contributed by atoms with Crippen LogP contribution in [-0.4, -0.2) is 19.6 Å². The molecular weight excluding hydrogens is 327 g/mol. The summed E-state index contributed by atoms with van der Waals surface area (Å²) in [5, 5.41) is 13.5. The Morgan fingerprint density at radius 2 is 2.08 bits per heavy atom. The molecule has 0 aliphatic heterocycles. The van der Waals surface area contributed by atoms with E-state index in [1.54, 1.807) is 0 Å². The molecule has 5 nitrogen and oxygen atoms in total. The number of phenolic OH excluding ortho intramolecular Hbond substituents is 1. The van der Waals surface area contributed by atoms with Gasteiger partial charge in [-0.3, -0.25) is 0 Å². The Kier molecular flexibility index (Phi) is 3.38. The van der Waals surface area contributed by atoms with E-state index >= 15 is 0 Å². The predicted molar refractivity (Wildman–Crippen MR) is 94.7 cm³/mol. The molecule has 24 heavy (non-hydrogen) atoms. The number of hydrogen-bond acceptors (Lipinski definition) is 5. The average Bonchev–Trinajstić information content (AvgIpc) is 3.09. The average molecular weight is 342 g/mol. The fourth-order valence-corrected chi connectivity index (χ4v) is 3.77. The van der Waals surface area contributed by atoms with Crippen molar-refractivity contribution in [3.63, 3.8) is 0 Å². The van der Waals surface area contributed by atoms with Crippen molar-refractivity contribution in [2.75, 3.05) is 5.32 Å². The number of aromatic hydroxyl groups is 1. The number of aromatic nitrogens is 3. The van der Waals surface area contributed by atoms with Crippen LogP contribution in [0.25, 0.3) is 21.3 Å². The van der Waals surface area contributed by atoms with E-state index in [1.807, 2.05) is 19.1 Å². The van der Waals surface area contributed by atoms with E-state index in [1.165, 1.54) is 29.5 Å². The largest absolute Gasteiger partial charge is 0.506 e. The molecule has 122 valence electrons. The highest BCUT2D eigenvalue weighted by Crippen LogP contribution is 2.35. The fraction of sp³-hybridized carbons (Fsp3) is 0.176. The van der Waals surface area contributed by atoms with E-state index in [9.17, 15) is 9.50 Å². The second-order valence-corrected chi connectivity index (χ2v) is 6.52. The molecule has 0 saturated heterocycles. The molecule has 2 aromatic carbocycles. The normalized spacial score (nSPS) is 11.5. The third-order valence-electron chi connectivity index (χ3n) is 3.97. The van der Waals surface area contributed by atoms with Crippen LogP contribution < -0.4 is 5.32 Å². The van der Waals surface area contributed by atoms with Crippen LogP contribution >= 0.6 is 11.3 Å². The van der Waals surface area contributed by atoms with Gasteiger partial charge in [-0.2, -0.15) is 0 Å². The van der Waals surface area contributed by atoms with Crippen LogP contribution in [0.1, 0.15) is 12.7 Å². The van der Waals surface area contributed by atoms with E-state index in [0.29, 0.717) is 10.8 Å². The lowest BCUT2D eigenvalue weighted by atomic mass is 10.3. The van der Waals surface area contributed by atoms with E-state index in [2.05, 4.69) is 26.8 Å². The van der Waals surface area contributed by atoms with Gasteiger partial charge < -0.3 is 15.0 Å². The minimum absolute atomic E-state index is 0.0183. The van der Waals surface area contributed by atoms with Crippen molar-refractivity contribution >= 4 is 43.4 Å². The Balaban J connectivity index is 1.86. The molecule has 0 bridgehead atoms. The minimum Gasteiger partial charge on any atom is -0.506 e. The van der Waals surface area contributed by atoms with E-state index in [-0.39, 0.29) is 5.75 Å². The summed E-state index contributed by atoms with van der Waals surface area (Å²) in [6.45, 7) is 4.86. The summed E-state index contributed by atoms with van der Waals surface area (Å²) in [5.74, 6) is 0.513. The van der Waals surface area contributed by atoms with Crippen molar-refractivity contribution < 1.29 is 9.50 Å². The van der Waals surface area contributed by atoms with Crippen molar-refractivity contribution in [3.05, 3.63) is 42.0 Å². The lowest BCUT2D eigenvalue weighted by Crippen LogP contribution is -1.97. The van der Waals surface area contributed by atoms with Crippen LogP contribution in [0.15, 0.2) is 30.3 Å². The molecule has 0 spiro atoms. The number of halogens is 1. The molecule has 2 heterocycles. The summed E-state index contributed by atoms with van der Waals surface area (Å²) in [4.78, 5) is 9.21. The van der Waals surface area contributed by atoms with Gasteiger partial charge in [-0.25, -0.2) is 14.4 Å². The summed E-state index contributed by atoms with van der Waals surface area (Å²) in [6, 6.07) is 7.75. The molecular formula is C17H15FN4OS. The summed E-state index contributed by atoms with van der Waals surface area (Å²) in [5.41, 5.74) is 3.07. The number of thiazole rings is 1. The first kappa shape index (κ1) is 14.9. The zero-order valence-electron chi connectivity index (χ0n) is 13.2. The van der Waals surface area contributed by atoms with Crippen molar-refractivity contribution in [1.29, 1.82) is 0 Å². The number of phenols is 1. The predicted octanol–water partition coefficient (Wildman–Crippen LogP) is 4.56. The summed E-state index contributed by atoms with van der Waals surface area (Å²) in [7, 11) is 0. The number of hydrogen-bond donors (Lipinski definition) is 2. The zero-order valence-corrected chi connectivity index (χ0v) is 14.0. The summed E-state index contributed by atoms with van der Waals surface area (Å²) in [6.07, 6.45) is 0. The quantitative estimate of drug-likeness (QED) is 0.536. The van der Waals surface area contributed by atoms with Gasteiger partial charge >= 0.3 is 0 Å². The highest BCUT2D eigenvalue weighted by Gasteiger charge is 2.14. The van der Waals surface area contributed by atoms with Crippen LogP contribution in [-0.2, 0) is 6.54 Å². The Hall–Kier alpha value is -2.67. The van der Waals surface area contributed by atoms with Gasteiger partial charge in [0.25, 0.3) is 0 Å². The molecule has 4 aromatic rings. The van der Waals surface area contributed by atoms with Crippen molar-refractivity contribution in [2.24, 2.45) is 0 Å². The number of imidazole rings is 1. The van der Waals surface area contributed by atoms with E-state index < -0.39 is 5.82 Å². The number of nitrogens with zero attached hydrogens (tertiary/aromatic N) is 3. The number of anilines is 2. The van der Waals surface area contributed by atoms with Gasteiger partial charge in [0.2, 0.25) is 0 Å². The smallest absolute Gasteiger partial charge is 0.188 e. The van der Waals surface area contributed by atoms with Gasteiger partial charge in [-0.15, -0.1) is 0 Å². The maximum absolute atomic E-state index is 13.4. The van der Waals surface area contributed by atoms with Crippen molar-refractivity contribution in [2.45, 2.75) is 20.4 Å². The van der Waals surface area contributed by atoms with Crippen molar-refractivity contribution in [1.82, 2.24) is 14.5 Å². The lowest BCUT2D eigenvalue weighted by Gasteiger charge is -2.04. The molecule has 2 N–H and O–H groups in total. The van der Waals surface area contributed by atoms with Crippen LogP contribution in [0.2, 0.25) is 0 Å². The van der Waals surface area contributed by atoms with Crippen molar-refractivity contribution in [3.8, 4) is 5.75 Å². The summed E-state index contributed by atoms with van der Waals surface area (Å²) < 4.78 is 16.5. The molecule has 4 rings (SSSR count). The van der Waals surface area contributed by atoms with Gasteiger partial charge in [-0.05, 0) is 38.1 Å². The third kappa shape index (κ3) is 2.28. The topological polar surface area (TPSA) is 63.0 Å². The van der Waals surface area contributed by atoms with Gasteiger partial charge in [-0.1, -0.05) is 11.3 Å². The molecule has 0 unspecified atom stereocenters. The second kappa shape index (κ2) is 5.45. The molecule has 0 atom stereocenters. The molecule has 7 heteroatoms. The molecule has 2 aromatic heterocycles. The molecule has 0 radical (unpaired) electrons. The Bertz CT molecular complexity index is 1070. The first-order valence-corrected chi connectivity index (χ1v) is 8.40. The number of nitrogens with one attached hydrogen (secondary N) is 1. The van der Waals surface area contributed by atoms with Crippen LogP contribution in [0.4, 0.5) is 15.2 Å². The fourth-order valence-electron chi connectivity index (χ4n) is 2.89. The molecule has 0 saturated carbocycles. The monoisotopic (exact) mass is 342 g/mol. The standard InChI is InChI=1S/C17H15FN4OS/c1-3-22-9(2)19-11-5-7-14-15(16(11)22)21-17(24-14)20-12-8-10(18)4-6-13(12)23/h4-8,23H,3H2,1-2H3,(H,20,21). The molecule has 0 aliphatic carbocycles. The summed E-state index contributed by atoms with van der Waals surface area (Å²) >= 11 is 1.45. The molecule has 0 fully saturated rings. The first-order chi connectivity index (χ1) is 11.6. The first-order valence-electron chi connectivity index (χ1n) is 7.58. The Morgan fingerprint density at radius 3 is 2.88 bits per heavy atom. The van der Waals surface area contributed by atoms with Crippen LogP contribution in [0, 0.1) is 12.7 Å². The lowest BCUT2D eigenvalue weighted by molar-refractivity contribution is 0.475.